The first-order valence-electron chi connectivity index (χ1n) is 7.88. The van der Waals surface area contributed by atoms with Gasteiger partial charge in [-0.3, -0.25) is 0 Å². The number of ether oxygens (including phenoxy) is 2. The second-order valence-corrected chi connectivity index (χ2v) is 8.45. The maximum absolute atomic E-state index is 12.3. The van der Waals surface area contributed by atoms with Gasteiger partial charge in [0.15, 0.2) is 0 Å². The van der Waals surface area contributed by atoms with Crippen LogP contribution in [0.1, 0.15) is 54.4 Å². The minimum atomic E-state index is -0.523. The molecular weight excluding hydrogens is 284 g/mol. The highest BCUT2D eigenvalue weighted by atomic mass is 16.6. The van der Waals surface area contributed by atoms with E-state index in [2.05, 4.69) is 5.32 Å². The molecule has 3 fully saturated rings. The zero-order chi connectivity index (χ0) is 16.8. The van der Waals surface area contributed by atoms with Crippen molar-refractivity contribution in [1.82, 2.24) is 10.2 Å². The molecule has 1 saturated carbocycles. The summed E-state index contributed by atoms with van der Waals surface area (Å²) in [5.74, 6) is 0.521. The lowest BCUT2D eigenvalue weighted by atomic mass is 9.73. The van der Waals surface area contributed by atoms with Crippen LogP contribution >= 0.6 is 0 Å². The Morgan fingerprint density at radius 3 is 2.14 bits per heavy atom. The van der Waals surface area contributed by atoms with Crippen LogP contribution in [0.2, 0.25) is 0 Å². The van der Waals surface area contributed by atoms with Crippen molar-refractivity contribution in [2.45, 2.75) is 71.1 Å². The molecule has 6 heteroatoms. The van der Waals surface area contributed by atoms with E-state index in [0.29, 0.717) is 19.0 Å². The van der Waals surface area contributed by atoms with Crippen LogP contribution in [0, 0.1) is 5.92 Å². The lowest BCUT2D eigenvalue weighted by Crippen LogP contribution is -2.56. The van der Waals surface area contributed by atoms with Crippen molar-refractivity contribution in [2.24, 2.45) is 5.92 Å². The standard InChI is InChI=1S/C16H28N2O4/c1-14(2,3)21-12(19)17-10-16-7-11(8-16)9-18(16)13(20)22-15(4,5)6/h11H,7-10H2,1-6H3,(H,17,19). The third-order valence-electron chi connectivity index (χ3n) is 3.93. The van der Waals surface area contributed by atoms with Crippen LogP contribution in [0.4, 0.5) is 9.59 Å². The van der Waals surface area contributed by atoms with E-state index in [1.54, 1.807) is 4.90 Å². The predicted octanol–water partition coefficient (Wildman–Crippen LogP) is 2.91. The van der Waals surface area contributed by atoms with Gasteiger partial charge in [-0.2, -0.15) is 0 Å². The Morgan fingerprint density at radius 2 is 1.64 bits per heavy atom. The van der Waals surface area contributed by atoms with Gasteiger partial charge in [-0.15, -0.1) is 0 Å². The topological polar surface area (TPSA) is 67.9 Å². The van der Waals surface area contributed by atoms with Crippen LogP contribution in [-0.2, 0) is 9.47 Å². The molecule has 0 aromatic carbocycles. The Balaban J connectivity index is 1.92. The number of rotatable bonds is 2. The molecule has 3 aliphatic rings. The molecule has 126 valence electrons. The van der Waals surface area contributed by atoms with E-state index in [9.17, 15) is 9.59 Å². The summed E-state index contributed by atoms with van der Waals surface area (Å²) in [7, 11) is 0. The molecule has 2 aliphatic heterocycles. The largest absolute Gasteiger partial charge is 0.444 e. The highest BCUT2D eigenvalue weighted by Gasteiger charge is 2.58. The number of carbonyl (C=O) groups excluding carboxylic acids is 2. The van der Waals surface area contributed by atoms with Crippen LogP contribution in [0.15, 0.2) is 0 Å². The first-order chi connectivity index (χ1) is 9.90. The lowest BCUT2D eigenvalue weighted by molar-refractivity contribution is 0.00482. The van der Waals surface area contributed by atoms with Gasteiger partial charge in [0.25, 0.3) is 0 Å². The third kappa shape index (κ3) is 3.84. The molecule has 2 amide bonds. The summed E-state index contributed by atoms with van der Waals surface area (Å²) in [6.45, 7) is 12.2. The Kier molecular flexibility index (Phi) is 4.09. The van der Waals surface area contributed by atoms with Gasteiger partial charge in [-0.05, 0) is 60.3 Å². The van der Waals surface area contributed by atoms with Crippen LogP contribution in [-0.4, -0.2) is 46.9 Å². The SMILES string of the molecule is CC(C)(C)OC(=O)NCC12CC(CN1C(=O)OC(C)(C)C)C2. The smallest absolute Gasteiger partial charge is 0.410 e. The van der Waals surface area contributed by atoms with Gasteiger partial charge >= 0.3 is 12.2 Å². The molecule has 0 spiro atoms. The molecule has 2 saturated heterocycles. The minimum Gasteiger partial charge on any atom is -0.444 e. The van der Waals surface area contributed by atoms with Crippen molar-refractivity contribution >= 4 is 12.2 Å². The summed E-state index contributed by atoms with van der Waals surface area (Å²) < 4.78 is 10.7. The molecular formula is C16H28N2O4. The number of amides is 2. The molecule has 3 rings (SSSR count). The summed E-state index contributed by atoms with van der Waals surface area (Å²) in [5.41, 5.74) is -1.34. The van der Waals surface area contributed by atoms with Gasteiger partial charge < -0.3 is 19.7 Å². The number of hydrogen-bond donors (Lipinski definition) is 1. The predicted molar refractivity (Wildman–Crippen MR) is 82.6 cm³/mol. The van der Waals surface area contributed by atoms with E-state index < -0.39 is 17.3 Å². The molecule has 0 radical (unpaired) electrons. The van der Waals surface area contributed by atoms with Gasteiger partial charge in [-0.1, -0.05) is 0 Å². The molecule has 2 bridgehead atoms. The average molecular weight is 312 g/mol. The normalized spacial score (nSPS) is 27.2. The van der Waals surface area contributed by atoms with E-state index in [0.717, 1.165) is 12.8 Å². The van der Waals surface area contributed by atoms with Gasteiger partial charge in [0, 0.05) is 13.1 Å². The quantitative estimate of drug-likeness (QED) is 0.851. The number of nitrogens with one attached hydrogen (secondary N) is 1. The van der Waals surface area contributed by atoms with Crippen LogP contribution in [0.3, 0.4) is 0 Å². The molecule has 6 nitrogen and oxygen atoms in total. The van der Waals surface area contributed by atoms with Crippen molar-refractivity contribution in [3.63, 3.8) is 0 Å². The lowest BCUT2D eigenvalue weighted by Gasteiger charge is -2.42. The van der Waals surface area contributed by atoms with Crippen molar-refractivity contribution < 1.29 is 19.1 Å². The second-order valence-electron chi connectivity index (χ2n) is 8.45. The first-order valence-corrected chi connectivity index (χ1v) is 7.88. The number of carbonyl (C=O) groups is 2. The molecule has 2 heterocycles. The Labute approximate surface area is 132 Å². The molecule has 22 heavy (non-hydrogen) atoms. The Morgan fingerprint density at radius 1 is 1.09 bits per heavy atom. The maximum atomic E-state index is 12.3. The van der Waals surface area contributed by atoms with Crippen molar-refractivity contribution in [3.8, 4) is 0 Å². The summed E-state index contributed by atoms with van der Waals surface area (Å²) >= 11 is 0. The number of alkyl carbamates (subject to hydrolysis) is 1. The van der Waals surface area contributed by atoms with Crippen molar-refractivity contribution in [2.75, 3.05) is 13.1 Å². The molecule has 1 N–H and O–H groups in total. The van der Waals surface area contributed by atoms with Crippen molar-refractivity contribution in [1.29, 1.82) is 0 Å². The summed E-state index contributed by atoms with van der Waals surface area (Å²) in [6, 6.07) is 0. The van der Waals surface area contributed by atoms with E-state index in [1.807, 2.05) is 41.5 Å². The fraction of sp³-hybridized carbons (Fsp3) is 0.875. The number of hydrogen-bond acceptors (Lipinski definition) is 4. The molecule has 0 atom stereocenters. The fourth-order valence-corrected chi connectivity index (χ4v) is 3.19. The zero-order valence-electron chi connectivity index (χ0n) is 14.5. The van der Waals surface area contributed by atoms with E-state index in [1.165, 1.54) is 0 Å². The fourth-order valence-electron chi connectivity index (χ4n) is 3.19. The molecule has 0 unspecified atom stereocenters. The molecule has 0 aromatic rings. The Bertz CT molecular complexity index is 456. The summed E-state index contributed by atoms with van der Waals surface area (Å²) in [4.78, 5) is 25.9. The monoisotopic (exact) mass is 312 g/mol. The van der Waals surface area contributed by atoms with Crippen LogP contribution in [0.25, 0.3) is 0 Å². The van der Waals surface area contributed by atoms with Gasteiger partial charge in [-0.25, -0.2) is 9.59 Å². The van der Waals surface area contributed by atoms with Gasteiger partial charge in [0.1, 0.15) is 11.2 Å². The van der Waals surface area contributed by atoms with Crippen LogP contribution < -0.4 is 5.32 Å². The van der Waals surface area contributed by atoms with Crippen molar-refractivity contribution in [3.05, 3.63) is 0 Å². The highest BCUT2D eigenvalue weighted by Crippen LogP contribution is 2.50. The molecule has 0 aromatic heterocycles. The van der Waals surface area contributed by atoms with E-state index in [-0.39, 0.29) is 11.6 Å². The number of fused-ring (bicyclic) bond motifs is 1. The average Bonchev–Trinajstić information content (AvgIpc) is 2.75. The van der Waals surface area contributed by atoms with E-state index >= 15 is 0 Å². The third-order valence-corrected chi connectivity index (χ3v) is 3.93. The zero-order valence-corrected chi connectivity index (χ0v) is 14.5. The van der Waals surface area contributed by atoms with Crippen LogP contribution in [0.5, 0.6) is 0 Å². The summed E-state index contributed by atoms with van der Waals surface area (Å²) in [5, 5.41) is 2.80. The summed E-state index contributed by atoms with van der Waals surface area (Å²) in [6.07, 6.45) is 1.10. The second kappa shape index (κ2) is 5.32. The maximum Gasteiger partial charge on any atom is 0.410 e. The minimum absolute atomic E-state index is 0.293. The van der Waals surface area contributed by atoms with Gasteiger partial charge in [0.2, 0.25) is 0 Å². The number of nitrogens with zero attached hydrogens (tertiary/aromatic N) is 1. The highest BCUT2D eigenvalue weighted by molar-refractivity contribution is 5.71. The van der Waals surface area contributed by atoms with E-state index in [4.69, 9.17) is 9.47 Å². The Hall–Kier alpha value is -1.46. The van der Waals surface area contributed by atoms with Gasteiger partial charge in [0.05, 0.1) is 5.54 Å². The molecule has 1 aliphatic carbocycles. The first kappa shape index (κ1) is 16.9.